The largest absolute Gasteiger partial charge is 0.326 e. The summed E-state index contributed by atoms with van der Waals surface area (Å²) < 4.78 is 0. The molecule has 0 unspecified atom stereocenters. The minimum absolute atomic E-state index is 0.161. The molecule has 8 nitrogen and oxygen atoms in total. The van der Waals surface area contributed by atoms with Crippen LogP contribution in [-0.4, -0.2) is 26.8 Å². The van der Waals surface area contributed by atoms with Gasteiger partial charge in [-0.05, 0) is 60.7 Å². The van der Waals surface area contributed by atoms with E-state index in [1.807, 2.05) is 30.3 Å². The summed E-state index contributed by atoms with van der Waals surface area (Å²) in [5, 5.41) is 8.77. The first kappa shape index (κ1) is 22.3. The van der Waals surface area contributed by atoms with Gasteiger partial charge >= 0.3 is 0 Å². The molecule has 3 N–H and O–H groups in total. The Hall–Kier alpha value is -4.85. The molecule has 34 heavy (non-hydrogen) atoms. The fourth-order valence-corrected chi connectivity index (χ4v) is 3.15. The topological polar surface area (TPSA) is 109 Å². The van der Waals surface area contributed by atoms with Crippen molar-refractivity contribution >= 4 is 34.8 Å². The summed E-state index contributed by atoms with van der Waals surface area (Å²) in [6.07, 6.45) is 6.88. The number of hydrogen-bond donors (Lipinski definition) is 3. The Morgan fingerprint density at radius 2 is 1.71 bits per heavy atom. The van der Waals surface area contributed by atoms with Crippen molar-refractivity contribution in [1.82, 2.24) is 15.0 Å². The standard InChI is InChI=1S/C26H22N6O2/c1-2-5-24(33)29-20-11-9-18(10-12-20)25(34)30-21-7-3-8-22(16-21)31-26-28-15-13-23(32-26)19-6-4-14-27-17-19/h2-4,6-17H,1,5H2,(H,29,33)(H,30,34)(H,28,31,32). The second kappa shape index (κ2) is 10.6. The molecule has 2 aromatic carbocycles. The lowest BCUT2D eigenvalue weighted by Crippen LogP contribution is -2.13. The molecule has 2 heterocycles. The quantitative estimate of drug-likeness (QED) is 0.324. The predicted octanol–water partition coefficient (Wildman–Crippen LogP) is 5.05. The van der Waals surface area contributed by atoms with Crippen LogP contribution in [0.2, 0.25) is 0 Å². The van der Waals surface area contributed by atoms with Gasteiger partial charge in [-0.3, -0.25) is 14.6 Å². The van der Waals surface area contributed by atoms with Crippen molar-refractivity contribution in [2.75, 3.05) is 16.0 Å². The molecule has 2 amide bonds. The minimum atomic E-state index is -0.268. The van der Waals surface area contributed by atoms with Crippen molar-refractivity contribution < 1.29 is 9.59 Å². The number of carbonyl (C=O) groups excluding carboxylic acids is 2. The van der Waals surface area contributed by atoms with Gasteiger partial charge in [0.1, 0.15) is 0 Å². The number of anilines is 4. The number of nitrogens with zero attached hydrogens (tertiary/aromatic N) is 3. The molecule has 8 heteroatoms. The van der Waals surface area contributed by atoms with E-state index in [0.29, 0.717) is 22.9 Å². The number of rotatable bonds is 8. The minimum Gasteiger partial charge on any atom is -0.326 e. The van der Waals surface area contributed by atoms with Gasteiger partial charge in [0, 0.05) is 53.2 Å². The van der Waals surface area contributed by atoms with Crippen LogP contribution in [0, 0.1) is 0 Å². The zero-order chi connectivity index (χ0) is 23.8. The second-order valence-corrected chi connectivity index (χ2v) is 7.29. The number of aromatic nitrogens is 3. The molecule has 0 radical (unpaired) electrons. The maximum atomic E-state index is 12.7. The number of benzene rings is 2. The highest BCUT2D eigenvalue weighted by Gasteiger charge is 2.08. The van der Waals surface area contributed by atoms with E-state index in [-0.39, 0.29) is 18.2 Å². The summed E-state index contributed by atoms with van der Waals surface area (Å²) in [6.45, 7) is 3.54. The number of pyridine rings is 1. The van der Waals surface area contributed by atoms with Gasteiger partial charge in [0.05, 0.1) is 5.69 Å². The Kier molecular flexibility index (Phi) is 7.00. The van der Waals surface area contributed by atoms with Gasteiger partial charge in [0.15, 0.2) is 0 Å². The van der Waals surface area contributed by atoms with Gasteiger partial charge in [-0.1, -0.05) is 12.1 Å². The van der Waals surface area contributed by atoms with E-state index in [1.54, 1.807) is 55.0 Å². The Morgan fingerprint density at radius 1 is 0.882 bits per heavy atom. The molecule has 0 atom stereocenters. The maximum Gasteiger partial charge on any atom is 0.255 e. The van der Waals surface area contributed by atoms with Crippen LogP contribution < -0.4 is 16.0 Å². The monoisotopic (exact) mass is 450 g/mol. The summed E-state index contributed by atoms with van der Waals surface area (Å²) in [7, 11) is 0. The highest BCUT2D eigenvalue weighted by molar-refractivity contribution is 6.05. The van der Waals surface area contributed by atoms with Gasteiger partial charge < -0.3 is 16.0 Å². The molecule has 4 aromatic rings. The highest BCUT2D eigenvalue weighted by Crippen LogP contribution is 2.21. The Labute approximate surface area is 196 Å². The third kappa shape index (κ3) is 5.89. The third-order valence-corrected chi connectivity index (χ3v) is 4.75. The molecule has 0 saturated carbocycles. The van der Waals surface area contributed by atoms with Crippen LogP contribution in [0.3, 0.4) is 0 Å². The van der Waals surface area contributed by atoms with E-state index in [9.17, 15) is 9.59 Å². The van der Waals surface area contributed by atoms with E-state index < -0.39 is 0 Å². The van der Waals surface area contributed by atoms with Gasteiger partial charge in [0.25, 0.3) is 5.91 Å². The van der Waals surface area contributed by atoms with Crippen molar-refractivity contribution in [2.24, 2.45) is 0 Å². The lowest BCUT2D eigenvalue weighted by molar-refractivity contribution is -0.115. The van der Waals surface area contributed by atoms with Crippen LogP contribution in [-0.2, 0) is 4.79 Å². The molecule has 0 bridgehead atoms. The van der Waals surface area contributed by atoms with Crippen LogP contribution in [0.25, 0.3) is 11.3 Å². The van der Waals surface area contributed by atoms with E-state index in [1.165, 1.54) is 6.08 Å². The number of nitrogens with one attached hydrogen (secondary N) is 3. The van der Waals surface area contributed by atoms with Crippen LogP contribution in [0.1, 0.15) is 16.8 Å². The van der Waals surface area contributed by atoms with E-state index in [2.05, 4.69) is 37.5 Å². The summed E-state index contributed by atoms with van der Waals surface area (Å²) >= 11 is 0. The van der Waals surface area contributed by atoms with E-state index >= 15 is 0 Å². The molecule has 168 valence electrons. The lowest BCUT2D eigenvalue weighted by Gasteiger charge is -2.10. The third-order valence-electron chi connectivity index (χ3n) is 4.75. The predicted molar refractivity (Wildman–Crippen MR) is 133 cm³/mol. The van der Waals surface area contributed by atoms with Gasteiger partial charge in [0.2, 0.25) is 11.9 Å². The van der Waals surface area contributed by atoms with E-state index in [4.69, 9.17) is 0 Å². The van der Waals surface area contributed by atoms with Crippen molar-refractivity contribution in [3.63, 3.8) is 0 Å². The summed E-state index contributed by atoms with van der Waals surface area (Å²) in [5.74, 6) is 0.00123. The van der Waals surface area contributed by atoms with Crippen molar-refractivity contribution in [1.29, 1.82) is 0 Å². The zero-order valence-corrected chi connectivity index (χ0v) is 18.2. The van der Waals surface area contributed by atoms with Crippen LogP contribution in [0.5, 0.6) is 0 Å². The second-order valence-electron chi connectivity index (χ2n) is 7.29. The van der Waals surface area contributed by atoms with Gasteiger partial charge in [-0.25, -0.2) is 9.97 Å². The number of carbonyl (C=O) groups is 2. The molecule has 2 aromatic heterocycles. The number of amides is 2. The molecule has 0 aliphatic heterocycles. The average Bonchev–Trinajstić information content (AvgIpc) is 2.85. The zero-order valence-electron chi connectivity index (χ0n) is 18.2. The van der Waals surface area contributed by atoms with Gasteiger partial charge in [-0.15, -0.1) is 6.58 Å². The average molecular weight is 451 g/mol. The SMILES string of the molecule is C=CCC(=O)Nc1ccc(C(=O)Nc2cccc(Nc3nccc(-c4cccnc4)n3)c2)cc1. The fourth-order valence-electron chi connectivity index (χ4n) is 3.15. The molecule has 0 aliphatic rings. The Balaban J connectivity index is 1.41. The first-order valence-electron chi connectivity index (χ1n) is 10.5. The molecule has 4 rings (SSSR count). The maximum absolute atomic E-state index is 12.7. The first-order chi connectivity index (χ1) is 16.6. The smallest absolute Gasteiger partial charge is 0.255 e. The summed E-state index contributed by atoms with van der Waals surface area (Å²) in [5.41, 5.74) is 4.05. The van der Waals surface area contributed by atoms with Crippen LogP contribution >= 0.6 is 0 Å². The first-order valence-corrected chi connectivity index (χ1v) is 10.5. The van der Waals surface area contributed by atoms with Crippen LogP contribution in [0.4, 0.5) is 23.0 Å². The Morgan fingerprint density at radius 3 is 2.47 bits per heavy atom. The van der Waals surface area contributed by atoms with Gasteiger partial charge in [-0.2, -0.15) is 0 Å². The highest BCUT2D eigenvalue weighted by atomic mass is 16.2. The lowest BCUT2D eigenvalue weighted by atomic mass is 10.2. The number of hydrogen-bond acceptors (Lipinski definition) is 6. The molecular weight excluding hydrogens is 428 g/mol. The Bertz CT molecular complexity index is 1310. The molecule has 0 spiro atoms. The normalized spacial score (nSPS) is 10.2. The van der Waals surface area contributed by atoms with Crippen molar-refractivity contribution in [3.8, 4) is 11.3 Å². The van der Waals surface area contributed by atoms with Crippen LogP contribution in [0.15, 0.2) is 98.0 Å². The fraction of sp³-hybridized carbons (Fsp3) is 0.0385. The van der Waals surface area contributed by atoms with Crippen molar-refractivity contribution in [2.45, 2.75) is 6.42 Å². The van der Waals surface area contributed by atoms with E-state index in [0.717, 1.165) is 16.9 Å². The summed E-state index contributed by atoms with van der Waals surface area (Å²) in [6, 6.07) is 19.5. The summed E-state index contributed by atoms with van der Waals surface area (Å²) in [4.78, 5) is 37.2. The molecule has 0 aliphatic carbocycles. The molecular formula is C26H22N6O2. The van der Waals surface area contributed by atoms with Crippen molar-refractivity contribution in [3.05, 3.63) is 104 Å². The molecule has 0 fully saturated rings. The molecule has 0 saturated heterocycles.